The summed E-state index contributed by atoms with van der Waals surface area (Å²) in [4.78, 5) is 0. The Kier molecular flexibility index (Phi) is 3.97. The molecule has 24 heavy (non-hydrogen) atoms. The van der Waals surface area contributed by atoms with E-state index in [9.17, 15) is 0 Å². The van der Waals surface area contributed by atoms with Gasteiger partial charge in [0.15, 0.2) is 11.5 Å². The van der Waals surface area contributed by atoms with Gasteiger partial charge in [-0.05, 0) is 23.9 Å². The van der Waals surface area contributed by atoms with E-state index in [1.807, 2.05) is 91.0 Å². The van der Waals surface area contributed by atoms with Crippen LogP contribution in [0.2, 0.25) is 0 Å². The maximum Gasteiger partial charge on any atom is 0.319 e. The standard InChI is InChI=1S/C20H15O2PS/c24-23(18-14-8-3-9-15-18)21-19(16-10-4-1-5-11-16)20(22-23)17-12-6-2-7-13-17/h1-15H. The van der Waals surface area contributed by atoms with Gasteiger partial charge >= 0.3 is 6.49 Å². The van der Waals surface area contributed by atoms with Crippen LogP contribution in [0, 0.1) is 0 Å². The van der Waals surface area contributed by atoms with Gasteiger partial charge < -0.3 is 9.05 Å². The van der Waals surface area contributed by atoms with E-state index in [0.717, 1.165) is 16.4 Å². The van der Waals surface area contributed by atoms with Gasteiger partial charge in [-0.3, -0.25) is 0 Å². The zero-order valence-corrected chi connectivity index (χ0v) is 14.5. The normalized spacial score (nSPS) is 15.7. The lowest BCUT2D eigenvalue weighted by Crippen LogP contribution is -2.04. The third-order valence-corrected chi connectivity index (χ3v) is 6.63. The SMILES string of the molecule is S=P1(c2ccccc2)OC(c2ccccc2)=C(c2ccccc2)O1. The van der Waals surface area contributed by atoms with Gasteiger partial charge in [0.25, 0.3) is 0 Å². The van der Waals surface area contributed by atoms with E-state index in [1.165, 1.54) is 0 Å². The third-order valence-electron chi connectivity index (χ3n) is 3.77. The average Bonchev–Trinajstić information content (AvgIpc) is 3.03. The molecule has 118 valence electrons. The fraction of sp³-hybridized carbons (Fsp3) is 0. The van der Waals surface area contributed by atoms with Gasteiger partial charge in [-0.2, -0.15) is 0 Å². The molecule has 0 saturated heterocycles. The third kappa shape index (κ3) is 2.77. The average molecular weight is 350 g/mol. The Morgan fingerprint density at radius 1 is 0.542 bits per heavy atom. The van der Waals surface area contributed by atoms with E-state index in [-0.39, 0.29) is 0 Å². The molecule has 4 heteroatoms. The molecule has 0 N–H and O–H groups in total. The van der Waals surface area contributed by atoms with Gasteiger partial charge in [0.1, 0.15) is 0 Å². The molecule has 1 heterocycles. The van der Waals surface area contributed by atoms with Crippen LogP contribution >= 0.6 is 6.49 Å². The maximum atomic E-state index is 6.27. The molecule has 0 atom stereocenters. The van der Waals surface area contributed by atoms with Crippen molar-refractivity contribution >= 4 is 35.1 Å². The highest BCUT2D eigenvalue weighted by Crippen LogP contribution is 2.61. The van der Waals surface area contributed by atoms with Crippen molar-refractivity contribution in [2.45, 2.75) is 0 Å². The molecule has 0 bridgehead atoms. The van der Waals surface area contributed by atoms with Crippen molar-refractivity contribution in [3.63, 3.8) is 0 Å². The molecular formula is C20H15O2PS. The van der Waals surface area contributed by atoms with E-state index in [4.69, 9.17) is 20.9 Å². The Morgan fingerprint density at radius 3 is 1.33 bits per heavy atom. The van der Waals surface area contributed by atoms with Gasteiger partial charge in [-0.25, -0.2) is 0 Å². The van der Waals surface area contributed by atoms with Gasteiger partial charge in [0.05, 0.1) is 5.30 Å². The highest BCUT2D eigenvalue weighted by molar-refractivity contribution is 8.13. The predicted molar refractivity (Wildman–Crippen MR) is 102 cm³/mol. The van der Waals surface area contributed by atoms with Crippen LogP contribution in [0.15, 0.2) is 91.0 Å². The summed E-state index contributed by atoms with van der Waals surface area (Å²) in [5.41, 5.74) is 1.94. The Bertz CT molecular complexity index is 866. The Hall–Kier alpha value is -2.35. The lowest BCUT2D eigenvalue weighted by atomic mass is 10.1. The highest BCUT2D eigenvalue weighted by atomic mass is 32.5. The van der Waals surface area contributed by atoms with Crippen molar-refractivity contribution in [3.05, 3.63) is 102 Å². The van der Waals surface area contributed by atoms with Crippen molar-refractivity contribution in [3.8, 4) is 0 Å². The number of rotatable bonds is 3. The summed E-state index contributed by atoms with van der Waals surface area (Å²) in [7, 11) is 0. The fourth-order valence-corrected chi connectivity index (χ4v) is 5.06. The first-order valence-electron chi connectivity index (χ1n) is 7.66. The fourth-order valence-electron chi connectivity index (χ4n) is 2.60. The van der Waals surface area contributed by atoms with E-state index < -0.39 is 6.49 Å². The van der Waals surface area contributed by atoms with Crippen LogP contribution in [-0.2, 0) is 20.9 Å². The first-order chi connectivity index (χ1) is 11.8. The summed E-state index contributed by atoms with van der Waals surface area (Å²) in [5, 5.41) is 0.916. The molecule has 0 fully saturated rings. The summed E-state index contributed by atoms with van der Waals surface area (Å²) < 4.78 is 12.5. The molecule has 3 aromatic carbocycles. The van der Waals surface area contributed by atoms with Gasteiger partial charge in [-0.1, -0.05) is 78.9 Å². The molecule has 1 aliphatic heterocycles. The zero-order chi connectivity index (χ0) is 16.4. The summed E-state index contributed by atoms with van der Waals surface area (Å²) >= 11 is 5.81. The molecule has 0 amide bonds. The molecule has 0 radical (unpaired) electrons. The Balaban J connectivity index is 1.84. The maximum absolute atomic E-state index is 6.27. The summed E-state index contributed by atoms with van der Waals surface area (Å²) in [6, 6.07) is 29.8. The monoisotopic (exact) mass is 350 g/mol. The van der Waals surface area contributed by atoms with Crippen molar-refractivity contribution in [1.29, 1.82) is 0 Å². The van der Waals surface area contributed by atoms with E-state index in [0.29, 0.717) is 11.5 Å². The lowest BCUT2D eigenvalue weighted by Gasteiger charge is -2.16. The van der Waals surface area contributed by atoms with E-state index in [2.05, 4.69) is 0 Å². The minimum atomic E-state index is -2.61. The number of benzene rings is 3. The predicted octanol–water partition coefficient (Wildman–Crippen LogP) is 5.19. The molecule has 0 aliphatic carbocycles. The van der Waals surface area contributed by atoms with E-state index in [1.54, 1.807) is 0 Å². The summed E-state index contributed by atoms with van der Waals surface area (Å²) in [6.07, 6.45) is 0. The second-order valence-corrected chi connectivity index (χ2v) is 8.72. The molecule has 2 nitrogen and oxygen atoms in total. The molecule has 3 aromatic rings. The van der Waals surface area contributed by atoms with E-state index >= 15 is 0 Å². The number of hydrogen-bond donors (Lipinski definition) is 0. The molecule has 0 spiro atoms. The smallest absolute Gasteiger partial charge is 0.319 e. The quantitative estimate of drug-likeness (QED) is 0.605. The van der Waals surface area contributed by atoms with Crippen LogP contribution in [-0.4, -0.2) is 0 Å². The molecule has 1 aliphatic rings. The highest BCUT2D eigenvalue weighted by Gasteiger charge is 2.37. The molecular weight excluding hydrogens is 335 g/mol. The van der Waals surface area contributed by atoms with Crippen LogP contribution in [0.4, 0.5) is 0 Å². The molecule has 0 unspecified atom stereocenters. The van der Waals surface area contributed by atoms with Crippen molar-refractivity contribution in [2.75, 3.05) is 0 Å². The topological polar surface area (TPSA) is 18.5 Å². The van der Waals surface area contributed by atoms with Crippen molar-refractivity contribution in [1.82, 2.24) is 0 Å². The minimum absolute atomic E-state index is 0.717. The lowest BCUT2D eigenvalue weighted by molar-refractivity contribution is 0.509. The molecule has 4 rings (SSSR count). The Morgan fingerprint density at radius 2 is 0.917 bits per heavy atom. The Labute approximate surface area is 146 Å². The summed E-state index contributed by atoms with van der Waals surface area (Å²) in [5.74, 6) is 1.43. The van der Waals surface area contributed by atoms with Crippen LogP contribution in [0.3, 0.4) is 0 Å². The molecule has 0 saturated carbocycles. The minimum Gasteiger partial charge on any atom is -0.428 e. The zero-order valence-electron chi connectivity index (χ0n) is 12.8. The van der Waals surface area contributed by atoms with Crippen molar-refractivity contribution in [2.24, 2.45) is 0 Å². The van der Waals surface area contributed by atoms with Gasteiger partial charge in [-0.15, -0.1) is 0 Å². The summed E-state index contributed by atoms with van der Waals surface area (Å²) in [6.45, 7) is -2.61. The van der Waals surface area contributed by atoms with Crippen LogP contribution in [0.5, 0.6) is 0 Å². The van der Waals surface area contributed by atoms with Gasteiger partial charge in [0.2, 0.25) is 0 Å². The van der Waals surface area contributed by atoms with Crippen LogP contribution in [0.1, 0.15) is 11.1 Å². The van der Waals surface area contributed by atoms with Crippen molar-refractivity contribution < 1.29 is 9.05 Å². The second-order valence-electron chi connectivity index (χ2n) is 5.41. The molecule has 0 aromatic heterocycles. The van der Waals surface area contributed by atoms with Crippen LogP contribution < -0.4 is 5.30 Å². The van der Waals surface area contributed by atoms with Gasteiger partial charge in [0, 0.05) is 11.1 Å². The largest absolute Gasteiger partial charge is 0.428 e. The van der Waals surface area contributed by atoms with Crippen LogP contribution in [0.25, 0.3) is 11.5 Å². The first-order valence-corrected chi connectivity index (χ1v) is 10.3. The number of hydrogen-bond acceptors (Lipinski definition) is 3. The first kappa shape index (κ1) is 15.2. The second kappa shape index (κ2) is 6.27.